The van der Waals surface area contributed by atoms with Gasteiger partial charge < -0.3 is 5.32 Å². The van der Waals surface area contributed by atoms with Crippen LogP contribution in [-0.4, -0.2) is 21.2 Å². The first-order valence-electron chi connectivity index (χ1n) is 8.17. The first kappa shape index (κ1) is 18.2. The minimum atomic E-state index is -0.156. The number of benzene rings is 1. The maximum atomic E-state index is 12.5. The lowest BCUT2D eigenvalue weighted by Gasteiger charge is -2.15. The van der Waals surface area contributed by atoms with Crippen molar-refractivity contribution in [3.63, 3.8) is 0 Å². The number of hydrogen-bond donors (Lipinski definition) is 1. The van der Waals surface area contributed by atoms with Crippen LogP contribution in [0.2, 0.25) is 0 Å². The van der Waals surface area contributed by atoms with Gasteiger partial charge in [0, 0.05) is 28.4 Å². The highest BCUT2D eigenvalue weighted by molar-refractivity contribution is 9.10. The van der Waals surface area contributed by atoms with Crippen molar-refractivity contribution in [2.45, 2.75) is 44.3 Å². The van der Waals surface area contributed by atoms with E-state index in [0.717, 1.165) is 21.4 Å². The minimum Gasteiger partial charge on any atom is -0.326 e. The van der Waals surface area contributed by atoms with Crippen molar-refractivity contribution in [3.8, 4) is 0 Å². The molecular formula is C18H20BrN3O2S. The predicted molar refractivity (Wildman–Crippen MR) is 104 cm³/mol. The monoisotopic (exact) mass is 421 g/mol. The number of anilines is 1. The number of carbonyl (C=O) groups excluding carboxylic acids is 1. The average Bonchev–Trinajstić information content (AvgIpc) is 2.93. The molecule has 1 N–H and O–H groups in total. The maximum Gasteiger partial charge on any atom is 0.254 e. The summed E-state index contributed by atoms with van der Waals surface area (Å²) in [5.41, 5.74) is 2.51. The second-order valence-electron chi connectivity index (χ2n) is 6.50. The fraction of sp³-hybridized carbons (Fsp3) is 0.389. The quantitative estimate of drug-likeness (QED) is 0.754. The molecule has 0 saturated carbocycles. The molecule has 1 aliphatic rings. The first-order valence-corrected chi connectivity index (χ1v) is 9.95. The van der Waals surface area contributed by atoms with Crippen molar-refractivity contribution in [3.05, 3.63) is 50.3 Å². The minimum absolute atomic E-state index is 0.0728. The van der Waals surface area contributed by atoms with E-state index in [1.54, 1.807) is 22.4 Å². The van der Waals surface area contributed by atoms with E-state index in [1.165, 1.54) is 0 Å². The Hall–Kier alpha value is -1.60. The van der Waals surface area contributed by atoms with Gasteiger partial charge in [-0.25, -0.2) is 4.98 Å². The number of thioether (sulfide) groups is 1. The molecule has 0 bridgehead atoms. The van der Waals surface area contributed by atoms with E-state index in [9.17, 15) is 9.59 Å². The molecule has 2 aromatic rings. The second kappa shape index (κ2) is 7.33. The van der Waals surface area contributed by atoms with Crippen LogP contribution < -0.4 is 10.9 Å². The molecule has 1 aromatic carbocycles. The van der Waals surface area contributed by atoms with Gasteiger partial charge in [0.05, 0.1) is 11.7 Å². The van der Waals surface area contributed by atoms with Crippen LogP contribution in [0.3, 0.4) is 0 Å². The SMILES string of the molecule is Cc1cc(Br)ccc1NC(=O)CC1CSc2nc(C(C)C)cc(=O)n21. The van der Waals surface area contributed by atoms with Gasteiger partial charge in [-0.3, -0.25) is 14.2 Å². The lowest BCUT2D eigenvalue weighted by molar-refractivity contribution is -0.116. The molecule has 2 heterocycles. The molecule has 5 nitrogen and oxygen atoms in total. The Kier molecular flexibility index (Phi) is 5.34. The summed E-state index contributed by atoms with van der Waals surface area (Å²) in [4.78, 5) is 29.5. The van der Waals surface area contributed by atoms with Crippen molar-refractivity contribution in [1.29, 1.82) is 0 Å². The predicted octanol–water partition coefficient (Wildman–Crippen LogP) is 4.11. The number of nitrogens with zero attached hydrogens (tertiary/aromatic N) is 2. The number of nitrogens with one attached hydrogen (secondary N) is 1. The number of carbonyl (C=O) groups is 1. The summed E-state index contributed by atoms with van der Waals surface area (Å²) in [6, 6.07) is 7.15. The summed E-state index contributed by atoms with van der Waals surface area (Å²) in [6.07, 6.45) is 0.262. The van der Waals surface area contributed by atoms with E-state index in [1.807, 2.05) is 39.0 Å². The number of aryl methyl sites for hydroxylation is 1. The van der Waals surface area contributed by atoms with E-state index >= 15 is 0 Å². The van der Waals surface area contributed by atoms with E-state index < -0.39 is 0 Å². The fourth-order valence-electron chi connectivity index (χ4n) is 2.80. The van der Waals surface area contributed by atoms with Gasteiger partial charge in [-0.05, 0) is 36.6 Å². The summed E-state index contributed by atoms with van der Waals surface area (Å²) >= 11 is 4.96. The standard InChI is InChI=1S/C18H20BrN3O2S/c1-10(2)15-8-17(24)22-13(9-25-18(22)21-15)7-16(23)20-14-5-4-12(19)6-11(14)3/h4-6,8,10,13H,7,9H2,1-3H3,(H,20,23). The summed E-state index contributed by atoms with van der Waals surface area (Å²) in [5.74, 6) is 0.807. The number of halogens is 1. The molecule has 7 heteroatoms. The molecule has 0 radical (unpaired) electrons. The summed E-state index contributed by atoms with van der Waals surface area (Å²) in [7, 11) is 0. The Morgan fingerprint density at radius 3 is 2.88 bits per heavy atom. The van der Waals surface area contributed by atoms with Gasteiger partial charge in [-0.2, -0.15) is 0 Å². The van der Waals surface area contributed by atoms with Gasteiger partial charge in [-0.15, -0.1) is 0 Å². The topological polar surface area (TPSA) is 64.0 Å². The van der Waals surface area contributed by atoms with Crippen molar-refractivity contribution in [1.82, 2.24) is 9.55 Å². The normalized spacial score (nSPS) is 16.1. The molecular weight excluding hydrogens is 402 g/mol. The smallest absolute Gasteiger partial charge is 0.254 e. The zero-order chi connectivity index (χ0) is 18.1. The third-order valence-electron chi connectivity index (χ3n) is 4.18. The number of rotatable bonds is 4. The largest absolute Gasteiger partial charge is 0.326 e. The third-order valence-corrected chi connectivity index (χ3v) is 5.78. The molecule has 3 rings (SSSR count). The number of amides is 1. The molecule has 0 fully saturated rings. The third kappa shape index (κ3) is 3.98. The Morgan fingerprint density at radius 1 is 1.44 bits per heavy atom. The molecule has 132 valence electrons. The van der Waals surface area contributed by atoms with Gasteiger partial charge >= 0.3 is 0 Å². The summed E-state index contributed by atoms with van der Waals surface area (Å²) < 4.78 is 2.63. The molecule has 1 atom stereocenters. The molecule has 0 aliphatic carbocycles. The molecule has 1 aliphatic heterocycles. The zero-order valence-corrected chi connectivity index (χ0v) is 16.8. The average molecular weight is 422 g/mol. The number of hydrogen-bond acceptors (Lipinski definition) is 4. The van der Waals surface area contributed by atoms with Gasteiger partial charge in [0.1, 0.15) is 0 Å². The Bertz CT molecular complexity index is 879. The van der Waals surface area contributed by atoms with E-state index in [-0.39, 0.29) is 29.8 Å². The van der Waals surface area contributed by atoms with Crippen LogP contribution >= 0.6 is 27.7 Å². The van der Waals surface area contributed by atoms with Crippen molar-refractivity contribution in [2.75, 3.05) is 11.1 Å². The lowest BCUT2D eigenvalue weighted by atomic mass is 10.1. The van der Waals surface area contributed by atoms with Crippen LogP contribution in [0, 0.1) is 6.92 Å². The van der Waals surface area contributed by atoms with Crippen LogP contribution in [0.5, 0.6) is 0 Å². The second-order valence-corrected chi connectivity index (χ2v) is 8.41. The van der Waals surface area contributed by atoms with Crippen LogP contribution in [0.15, 0.2) is 38.7 Å². The first-order chi connectivity index (χ1) is 11.8. The van der Waals surface area contributed by atoms with Gasteiger partial charge in [0.2, 0.25) is 5.91 Å². The molecule has 0 saturated heterocycles. The molecule has 1 amide bonds. The number of aromatic nitrogens is 2. The van der Waals surface area contributed by atoms with E-state index in [2.05, 4.69) is 26.2 Å². The van der Waals surface area contributed by atoms with Crippen molar-refractivity contribution < 1.29 is 4.79 Å². The van der Waals surface area contributed by atoms with Crippen molar-refractivity contribution in [2.24, 2.45) is 0 Å². The Labute approximate surface area is 159 Å². The van der Waals surface area contributed by atoms with E-state index in [0.29, 0.717) is 10.9 Å². The van der Waals surface area contributed by atoms with E-state index in [4.69, 9.17) is 0 Å². The van der Waals surface area contributed by atoms with Crippen molar-refractivity contribution >= 4 is 39.3 Å². The van der Waals surface area contributed by atoms with Crippen LogP contribution in [0.4, 0.5) is 5.69 Å². The highest BCUT2D eigenvalue weighted by Crippen LogP contribution is 2.33. The summed E-state index contributed by atoms with van der Waals surface area (Å²) in [5, 5.41) is 3.66. The molecule has 0 spiro atoms. The fourth-order valence-corrected chi connectivity index (χ4v) is 4.43. The van der Waals surface area contributed by atoms with Gasteiger partial charge in [-0.1, -0.05) is 41.5 Å². The molecule has 1 unspecified atom stereocenters. The van der Waals surface area contributed by atoms with Gasteiger partial charge in [0.15, 0.2) is 5.16 Å². The van der Waals surface area contributed by atoms with Crippen LogP contribution in [-0.2, 0) is 4.79 Å². The number of fused-ring (bicyclic) bond motifs is 1. The highest BCUT2D eigenvalue weighted by atomic mass is 79.9. The molecule has 1 aromatic heterocycles. The van der Waals surface area contributed by atoms with Gasteiger partial charge in [0.25, 0.3) is 5.56 Å². The van der Waals surface area contributed by atoms with Crippen LogP contribution in [0.25, 0.3) is 0 Å². The Morgan fingerprint density at radius 2 is 2.20 bits per heavy atom. The summed E-state index contributed by atoms with van der Waals surface area (Å²) in [6.45, 7) is 5.98. The Balaban J connectivity index is 1.75. The van der Waals surface area contributed by atoms with Crippen LogP contribution in [0.1, 0.15) is 43.5 Å². The maximum absolute atomic E-state index is 12.5. The highest BCUT2D eigenvalue weighted by Gasteiger charge is 2.28. The zero-order valence-electron chi connectivity index (χ0n) is 14.4. The lowest BCUT2D eigenvalue weighted by Crippen LogP contribution is -2.28. The molecule has 25 heavy (non-hydrogen) atoms.